The molecule has 0 saturated carbocycles. The first-order valence-corrected chi connectivity index (χ1v) is 7.75. The lowest BCUT2D eigenvalue weighted by Gasteiger charge is -2.43. The number of thioether (sulfide) groups is 1. The Kier molecular flexibility index (Phi) is 5.88. The molecule has 0 amide bonds. The standard InChI is InChI=1S/C12H20N4O4S/c13-7-4-2-1-3-6(5-15-16-14)21-12-10(19)8(17)9(18)11(7)20-12/h1-2,6-12,17-19H,3-5,13H2/b2-1-/t6?,7-,8+,9-,10-,11-,12-/m1/s1. The molecule has 0 spiro atoms. The Bertz CT molecular complexity index is 431. The molecule has 2 heterocycles. The molecule has 7 atom stereocenters. The van der Waals surface area contributed by atoms with Crippen LogP contribution in [0.15, 0.2) is 17.3 Å². The quantitative estimate of drug-likeness (QED) is 0.242. The van der Waals surface area contributed by atoms with Gasteiger partial charge in [0.1, 0.15) is 29.9 Å². The molecule has 9 heteroatoms. The molecule has 5 N–H and O–H groups in total. The van der Waals surface area contributed by atoms with Crippen molar-refractivity contribution in [3.63, 3.8) is 0 Å². The van der Waals surface area contributed by atoms with Crippen LogP contribution < -0.4 is 5.73 Å². The number of allylic oxidation sites excluding steroid dienone is 1. The van der Waals surface area contributed by atoms with Crippen LogP contribution in [-0.2, 0) is 4.74 Å². The van der Waals surface area contributed by atoms with E-state index in [4.69, 9.17) is 16.0 Å². The highest BCUT2D eigenvalue weighted by Gasteiger charge is 2.46. The average Bonchev–Trinajstić information content (AvgIpc) is 2.48. The predicted molar refractivity (Wildman–Crippen MR) is 78.4 cm³/mol. The van der Waals surface area contributed by atoms with Gasteiger partial charge in [-0.15, -0.1) is 11.8 Å². The molecule has 1 fully saturated rings. The highest BCUT2D eigenvalue weighted by atomic mass is 32.2. The Morgan fingerprint density at radius 1 is 1.24 bits per heavy atom. The number of hydrogen-bond acceptors (Lipinski definition) is 7. The molecule has 21 heavy (non-hydrogen) atoms. The second kappa shape index (κ2) is 7.46. The third-order valence-electron chi connectivity index (χ3n) is 3.68. The third-order valence-corrected chi connectivity index (χ3v) is 5.06. The normalized spacial score (nSPS) is 45.4. The number of fused-ring (bicyclic) bond motifs is 2. The van der Waals surface area contributed by atoms with E-state index in [1.54, 1.807) is 0 Å². The minimum atomic E-state index is -1.31. The second-order valence-corrected chi connectivity index (χ2v) is 6.62. The van der Waals surface area contributed by atoms with Crippen LogP contribution in [0.1, 0.15) is 12.8 Å². The van der Waals surface area contributed by atoms with Crippen molar-refractivity contribution < 1.29 is 20.1 Å². The van der Waals surface area contributed by atoms with Gasteiger partial charge in [0, 0.05) is 22.7 Å². The topological polar surface area (TPSA) is 145 Å². The van der Waals surface area contributed by atoms with Crippen LogP contribution in [0.5, 0.6) is 0 Å². The number of nitrogens with two attached hydrogens (primary N) is 1. The summed E-state index contributed by atoms with van der Waals surface area (Å²) in [6, 6.07) is -0.463. The monoisotopic (exact) mass is 316 g/mol. The lowest BCUT2D eigenvalue weighted by molar-refractivity contribution is -0.202. The molecule has 1 unspecified atom stereocenters. The van der Waals surface area contributed by atoms with E-state index in [-0.39, 0.29) is 11.8 Å². The Balaban J connectivity index is 2.20. The van der Waals surface area contributed by atoms with Crippen molar-refractivity contribution in [2.75, 3.05) is 6.54 Å². The van der Waals surface area contributed by atoms with Gasteiger partial charge in [-0.25, -0.2) is 0 Å². The summed E-state index contributed by atoms with van der Waals surface area (Å²) >= 11 is 1.28. The molecule has 2 aliphatic rings. The van der Waals surface area contributed by atoms with Gasteiger partial charge < -0.3 is 25.8 Å². The molecule has 2 bridgehead atoms. The maximum Gasteiger partial charge on any atom is 0.132 e. The van der Waals surface area contributed by atoms with E-state index in [9.17, 15) is 15.3 Å². The largest absolute Gasteiger partial charge is 0.388 e. The van der Waals surface area contributed by atoms with Crippen LogP contribution in [0.2, 0.25) is 0 Å². The van der Waals surface area contributed by atoms with E-state index in [2.05, 4.69) is 10.0 Å². The fourth-order valence-electron chi connectivity index (χ4n) is 2.47. The fraction of sp³-hybridized carbons (Fsp3) is 0.833. The molecule has 2 aliphatic heterocycles. The van der Waals surface area contributed by atoms with Gasteiger partial charge in [0.25, 0.3) is 0 Å². The second-order valence-electron chi connectivity index (χ2n) is 5.22. The summed E-state index contributed by atoms with van der Waals surface area (Å²) in [6.07, 6.45) is 0.478. The number of aliphatic hydroxyl groups excluding tert-OH is 3. The first-order chi connectivity index (χ1) is 10.0. The number of hydrogen-bond donors (Lipinski definition) is 4. The fourth-order valence-corrected chi connectivity index (χ4v) is 3.73. The molecule has 1 saturated heterocycles. The van der Waals surface area contributed by atoms with Crippen molar-refractivity contribution in [1.82, 2.24) is 0 Å². The van der Waals surface area contributed by atoms with Gasteiger partial charge in [-0.2, -0.15) is 0 Å². The zero-order valence-electron chi connectivity index (χ0n) is 11.4. The molecule has 2 rings (SSSR count). The molecule has 0 radical (unpaired) electrons. The van der Waals surface area contributed by atoms with Gasteiger partial charge in [-0.3, -0.25) is 0 Å². The Labute approximate surface area is 126 Å². The van der Waals surface area contributed by atoms with Crippen molar-refractivity contribution in [3.05, 3.63) is 22.6 Å². The van der Waals surface area contributed by atoms with E-state index in [0.717, 1.165) is 0 Å². The van der Waals surface area contributed by atoms with Crippen LogP contribution in [0.3, 0.4) is 0 Å². The summed E-state index contributed by atoms with van der Waals surface area (Å²) in [6.45, 7) is 0.257. The Hall–Kier alpha value is -0.800. The van der Waals surface area contributed by atoms with Gasteiger partial charge in [-0.1, -0.05) is 17.3 Å². The van der Waals surface area contributed by atoms with Gasteiger partial charge in [-0.05, 0) is 18.4 Å². The van der Waals surface area contributed by atoms with E-state index in [1.165, 1.54) is 11.8 Å². The van der Waals surface area contributed by atoms with Crippen molar-refractivity contribution in [3.8, 4) is 0 Å². The number of azide groups is 1. The predicted octanol–water partition coefficient (Wildman–Crippen LogP) is -0.117. The van der Waals surface area contributed by atoms with Crippen molar-refractivity contribution in [1.29, 1.82) is 0 Å². The first-order valence-electron chi connectivity index (χ1n) is 6.81. The first kappa shape index (κ1) is 16.6. The molecule has 0 aromatic carbocycles. The third kappa shape index (κ3) is 3.89. The minimum Gasteiger partial charge on any atom is -0.388 e. The van der Waals surface area contributed by atoms with Crippen molar-refractivity contribution >= 4 is 11.8 Å². The van der Waals surface area contributed by atoms with Crippen LogP contribution in [0.25, 0.3) is 10.4 Å². The number of nitrogens with zero attached hydrogens (tertiary/aromatic N) is 3. The van der Waals surface area contributed by atoms with Gasteiger partial charge in [0.05, 0.1) is 0 Å². The van der Waals surface area contributed by atoms with E-state index in [0.29, 0.717) is 12.8 Å². The lowest BCUT2D eigenvalue weighted by Crippen LogP contribution is -2.61. The van der Waals surface area contributed by atoms with Crippen molar-refractivity contribution in [2.45, 2.75) is 54.0 Å². The number of ether oxygens (including phenoxy) is 1. The zero-order chi connectivity index (χ0) is 15.4. The van der Waals surface area contributed by atoms with Crippen LogP contribution in [-0.4, -0.2) is 63.0 Å². The molecule has 0 aliphatic carbocycles. The average molecular weight is 316 g/mol. The van der Waals surface area contributed by atoms with Crippen molar-refractivity contribution in [2.24, 2.45) is 10.8 Å². The maximum atomic E-state index is 10.0. The summed E-state index contributed by atoms with van der Waals surface area (Å²) < 4.78 is 5.69. The zero-order valence-corrected chi connectivity index (χ0v) is 12.2. The maximum absolute atomic E-state index is 10.0. The highest BCUT2D eigenvalue weighted by molar-refractivity contribution is 8.00. The highest BCUT2D eigenvalue weighted by Crippen LogP contribution is 2.34. The summed E-state index contributed by atoms with van der Waals surface area (Å²) in [5, 5.41) is 33.5. The summed E-state index contributed by atoms with van der Waals surface area (Å²) in [4.78, 5) is 2.74. The van der Waals surface area contributed by atoms with Crippen LogP contribution in [0.4, 0.5) is 0 Å². The molecular weight excluding hydrogens is 296 g/mol. The smallest absolute Gasteiger partial charge is 0.132 e. The Morgan fingerprint density at radius 2 is 1.95 bits per heavy atom. The molecule has 118 valence electrons. The lowest BCUT2D eigenvalue weighted by atomic mass is 9.93. The van der Waals surface area contributed by atoms with Gasteiger partial charge in [0.15, 0.2) is 0 Å². The number of rotatable bonds is 2. The van der Waals surface area contributed by atoms with Crippen LogP contribution >= 0.6 is 11.8 Å². The molecule has 8 nitrogen and oxygen atoms in total. The molecule has 0 aromatic rings. The van der Waals surface area contributed by atoms with Crippen LogP contribution in [0, 0.1) is 0 Å². The minimum absolute atomic E-state index is 0.0748. The van der Waals surface area contributed by atoms with E-state index < -0.39 is 35.9 Å². The molecule has 0 aromatic heterocycles. The Morgan fingerprint density at radius 3 is 2.67 bits per heavy atom. The van der Waals surface area contributed by atoms with Gasteiger partial charge in [0.2, 0.25) is 0 Å². The van der Waals surface area contributed by atoms with E-state index in [1.807, 2.05) is 12.2 Å². The molecular formula is C12H20N4O4S. The number of aliphatic hydroxyl groups is 3. The van der Waals surface area contributed by atoms with E-state index >= 15 is 0 Å². The summed E-state index contributed by atoms with van der Waals surface area (Å²) in [5.74, 6) is 0. The summed E-state index contributed by atoms with van der Waals surface area (Å²) in [5.41, 5.74) is 13.7. The SMILES string of the molecule is [N-]=[N+]=NCC1C/C=C\C[C@@H](N)[C@H]2O[C@H](S1)[C@H](O)[C@@H](O)[C@H]2O. The summed E-state index contributed by atoms with van der Waals surface area (Å²) in [7, 11) is 0. The van der Waals surface area contributed by atoms with Gasteiger partial charge >= 0.3 is 0 Å².